The van der Waals surface area contributed by atoms with Gasteiger partial charge in [0.15, 0.2) is 0 Å². The molecule has 21 heavy (non-hydrogen) atoms. The van der Waals surface area contributed by atoms with E-state index in [0.717, 1.165) is 31.8 Å². The number of hydrogen-bond acceptors (Lipinski definition) is 4. The molecule has 4 nitrogen and oxygen atoms in total. The third kappa shape index (κ3) is 5.95. The van der Waals surface area contributed by atoms with Crippen molar-refractivity contribution in [3.63, 3.8) is 0 Å². The first-order valence-corrected chi connectivity index (χ1v) is 8.61. The molecule has 0 bridgehead atoms. The zero-order valence-electron chi connectivity index (χ0n) is 14.4. The Kier molecular flexibility index (Phi) is 8.27. The third-order valence-corrected chi connectivity index (χ3v) is 4.87. The molecule has 0 aromatic carbocycles. The first-order chi connectivity index (χ1) is 10.1. The van der Waals surface area contributed by atoms with E-state index in [-0.39, 0.29) is 5.97 Å². The van der Waals surface area contributed by atoms with Crippen molar-refractivity contribution in [1.82, 2.24) is 10.2 Å². The summed E-state index contributed by atoms with van der Waals surface area (Å²) in [5.41, 5.74) is -0.540. The number of nitrogens with one attached hydrogen (secondary N) is 1. The number of ether oxygens (including phenoxy) is 1. The van der Waals surface area contributed by atoms with E-state index < -0.39 is 5.54 Å². The lowest BCUT2D eigenvalue weighted by atomic mass is 9.95. The summed E-state index contributed by atoms with van der Waals surface area (Å²) in [7, 11) is 1.47. The molecule has 1 aliphatic rings. The van der Waals surface area contributed by atoms with Crippen LogP contribution in [0.25, 0.3) is 0 Å². The molecule has 1 heterocycles. The highest BCUT2D eigenvalue weighted by molar-refractivity contribution is 5.80. The largest absolute Gasteiger partial charge is 0.468 e. The fourth-order valence-electron chi connectivity index (χ4n) is 3.39. The van der Waals surface area contributed by atoms with E-state index in [4.69, 9.17) is 4.74 Å². The van der Waals surface area contributed by atoms with Crippen LogP contribution in [0.3, 0.4) is 0 Å². The summed E-state index contributed by atoms with van der Waals surface area (Å²) in [5, 5.41) is 3.28. The summed E-state index contributed by atoms with van der Waals surface area (Å²) in [4.78, 5) is 14.5. The van der Waals surface area contributed by atoms with Crippen molar-refractivity contribution in [2.75, 3.05) is 33.3 Å². The zero-order valence-corrected chi connectivity index (χ0v) is 14.4. The Bertz CT molecular complexity index is 309. The smallest absolute Gasteiger partial charge is 0.325 e. The highest BCUT2D eigenvalue weighted by Gasteiger charge is 2.32. The van der Waals surface area contributed by atoms with Gasteiger partial charge in [-0.3, -0.25) is 4.79 Å². The van der Waals surface area contributed by atoms with Crippen LogP contribution < -0.4 is 5.32 Å². The highest BCUT2D eigenvalue weighted by atomic mass is 16.5. The maximum atomic E-state index is 11.9. The minimum absolute atomic E-state index is 0.147. The number of esters is 1. The van der Waals surface area contributed by atoms with Gasteiger partial charge in [0.2, 0.25) is 0 Å². The monoisotopic (exact) mass is 298 g/mol. The maximum Gasteiger partial charge on any atom is 0.325 e. The Morgan fingerprint density at radius 1 is 1.33 bits per heavy atom. The molecule has 2 atom stereocenters. The van der Waals surface area contributed by atoms with Gasteiger partial charge in [-0.25, -0.2) is 0 Å². The molecule has 2 unspecified atom stereocenters. The quantitative estimate of drug-likeness (QED) is 0.700. The fraction of sp³-hybridized carbons (Fsp3) is 0.941. The van der Waals surface area contributed by atoms with E-state index in [2.05, 4.69) is 17.1 Å². The Morgan fingerprint density at radius 2 is 2.10 bits per heavy atom. The molecular weight excluding hydrogens is 264 g/mol. The van der Waals surface area contributed by atoms with Crippen LogP contribution >= 0.6 is 0 Å². The summed E-state index contributed by atoms with van der Waals surface area (Å²) in [6, 6.07) is 0. The van der Waals surface area contributed by atoms with Gasteiger partial charge < -0.3 is 15.0 Å². The lowest BCUT2D eigenvalue weighted by molar-refractivity contribution is -0.148. The molecule has 0 aromatic heterocycles. The summed E-state index contributed by atoms with van der Waals surface area (Å²) < 4.78 is 4.94. The number of methoxy groups -OCH3 is 1. The molecule has 124 valence electrons. The Labute approximate surface area is 130 Å². The normalized spacial score (nSPS) is 23.3. The predicted molar refractivity (Wildman–Crippen MR) is 87.4 cm³/mol. The van der Waals surface area contributed by atoms with Crippen LogP contribution in [-0.4, -0.2) is 49.7 Å². The highest BCUT2D eigenvalue weighted by Crippen LogP contribution is 2.21. The van der Waals surface area contributed by atoms with Crippen molar-refractivity contribution >= 4 is 5.97 Å². The second kappa shape index (κ2) is 9.42. The van der Waals surface area contributed by atoms with Gasteiger partial charge in [0, 0.05) is 0 Å². The molecule has 4 heteroatoms. The van der Waals surface area contributed by atoms with Crippen LogP contribution in [0.1, 0.15) is 59.3 Å². The minimum Gasteiger partial charge on any atom is -0.468 e. The first-order valence-electron chi connectivity index (χ1n) is 8.61. The molecular formula is C17H34N2O2. The third-order valence-electron chi connectivity index (χ3n) is 4.87. The van der Waals surface area contributed by atoms with Crippen LogP contribution in [0.15, 0.2) is 0 Å². The van der Waals surface area contributed by atoms with E-state index >= 15 is 0 Å². The van der Waals surface area contributed by atoms with E-state index in [0.29, 0.717) is 0 Å². The number of likely N-dealkylation sites (tertiary alicyclic amines) is 1. The number of nitrogens with zero attached hydrogens (tertiary/aromatic N) is 1. The van der Waals surface area contributed by atoms with E-state index in [1.807, 2.05) is 13.8 Å². The van der Waals surface area contributed by atoms with Crippen LogP contribution in [0.2, 0.25) is 0 Å². The van der Waals surface area contributed by atoms with Crippen LogP contribution in [0.5, 0.6) is 0 Å². The van der Waals surface area contributed by atoms with Crippen LogP contribution in [0.4, 0.5) is 0 Å². The van der Waals surface area contributed by atoms with Gasteiger partial charge in [-0.2, -0.15) is 0 Å². The summed E-state index contributed by atoms with van der Waals surface area (Å²) in [6.07, 6.45) is 7.22. The SMILES string of the molecule is CCNC(C)(CCCN1CCCC(CC)CC1)C(=O)OC. The lowest BCUT2D eigenvalue weighted by Gasteiger charge is -2.29. The van der Waals surface area contributed by atoms with Crippen molar-refractivity contribution in [3.05, 3.63) is 0 Å². The predicted octanol–water partition coefficient (Wildman–Crippen LogP) is 2.82. The van der Waals surface area contributed by atoms with Gasteiger partial charge >= 0.3 is 5.97 Å². The van der Waals surface area contributed by atoms with Crippen molar-refractivity contribution in [3.8, 4) is 0 Å². The molecule has 0 aliphatic carbocycles. The fourth-order valence-corrected chi connectivity index (χ4v) is 3.39. The zero-order chi connectivity index (χ0) is 15.7. The molecule has 0 aromatic rings. The molecule has 0 saturated carbocycles. The van der Waals surface area contributed by atoms with Crippen LogP contribution in [-0.2, 0) is 9.53 Å². The topological polar surface area (TPSA) is 41.6 Å². The maximum absolute atomic E-state index is 11.9. The number of carbonyl (C=O) groups is 1. The van der Waals surface area contributed by atoms with Gasteiger partial charge in [0.05, 0.1) is 7.11 Å². The van der Waals surface area contributed by atoms with Crippen LogP contribution in [0, 0.1) is 5.92 Å². The molecule has 1 fully saturated rings. The van der Waals surface area contributed by atoms with E-state index in [1.165, 1.54) is 45.9 Å². The Morgan fingerprint density at radius 3 is 2.71 bits per heavy atom. The average molecular weight is 298 g/mol. The molecule has 1 N–H and O–H groups in total. The van der Waals surface area contributed by atoms with E-state index in [9.17, 15) is 4.79 Å². The van der Waals surface area contributed by atoms with Gasteiger partial charge in [-0.15, -0.1) is 0 Å². The van der Waals surface area contributed by atoms with E-state index in [1.54, 1.807) is 0 Å². The van der Waals surface area contributed by atoms with Gasteiger partial charge in [-0.05, 0) is 71.1 Å². The Balaban J connectivity index is 2.38. The van der Waals surface area contributed by atoms with Crippen molar-refractivity contribution in [1.29, 1.82) is 0 Å². The number of rotatable bonds is 8. The van der Waals surface area contributed by atoms with Gasteiger partial charge in [-0.1, -0.05) is 20.3 Å². The average Bonchev–Trinajstić information content (AvgIpc) is 2.72. The lowest BCUT2D eigenvalue weighted by Crippen LogP contribution is -2.50. The van der Waals surface area contributed by atoms with Gasteiger partial charge in [0.25, 0.3) is 0 Å². The number of carbonyl (C=O) groups excluding carboxylic acids is 1. The second-order valence-electron chi connectivity index (χ2n) is 6.50. The minimum atomic E-state index is -0.540. The molecule has 1 rings (SSSR count). The molecule has 1 saturated heterocycles. The molecule has 1 aliphatic heterocycles. The molecule has 0 radical (unpaired) electrons. The number of likely N-dealkylation sites (N-methyl/N-ethyl adjacent to an activating group) is 1. The molecule has 0 spiro atoms. The van der Waals surface area contributed by atoms with Gasteiger partial charge in [0.1, 0.15) is 5.54 Å². The summed E-state index contributed by atoms with van der Waals surface area (Å²) >= 11 is 0. The standard InChI is InChI=1S/C17H34N2O2/c1-5-15-9-7-12-19(14-10-15)13-8-11-17(3,18-6-2)16(20)21-4/h15,18H,5-14H2,1-4H3. The summed E-state index contributed by atoms with van der Waals surface area (Å²) in [5.74, 6) is 0.767. The number of hydrogen-bond donors (Lipinski definition) is 1. The molecule has 0 amide bonds. The van der Waals surface area contributed by atoms with Crippen molar-refractivity contribution in [2.24, 2.45) is 5.92 Å². The van der Waals surface area contributed by atoms with Crippen molar-refractivity contribution in [2.45, 2.75) is 64.8 Å². The summed E-state index contributed by atoms with van der Waals surface area (Å²) in [6.45, 7) is 10.6. The van der Waals surface area contributed by atoms with Crippen molar-refractivity contribution < 1.29 is 9.53 Å². The second-order valence-corrected chi connectivity index (χ2v) is 6.50. The Hall–Kier alpha value is -0.610. The first kappa shape index (κ1) is 18.4.